The molecule has 110 valence electrons. The zero-order valence-electron chi connectivity index (χ0n) is 12.1. The third kappa shape index (κ3) is 3.41. The molecule has 2 aromatic carbocycles. The fourth-order valence-corrected chi connectivity index (χ4v) is 4.46. The number of aryl methyl sites for hydroxylation is 2. The van der Waals surface area contributed by atoms with E-state index in [0.29, 0.717) is 6.04 Å². The number of benzene rings is 2. The summed E-state index contributed by atoms with van der Waals surface area (Å²) in [5, 5.41) is 3.45. The molecule has 1 unspecified atom stereocenters. The maximum absolute atomic E-state index is 3.68. The predicted molar refractivity (Wildman–Crippen MR) is 95.8 cm³/mol. The van der Waals surface area contributed by atoms with E-state index in [9.17, 15) is 0 Å². The van der Waals surface area contributed by atoms with E-state index >= 15 is 0 Å². The minimum Gasteiger partial charge on any atom is -0.313 e. The molecular formula is C18H19Br2N. The molecule has 0 saturated carbocycles. The Morgan fingerprint density at radius 1 is 1.05 bits per heavy atom. The highest BCUT2D eigenvalue weighted by molar-refractivity contribution is 9.11. The lowest BCUT2D eigenvalue weighted by molar-refractivity contribution is 0.589. The molecule has 0 aromatic heterocycles. The molecule has 0 fully saturated rings. The van der Waals surface area contributed by atoms with E-state index in [4.69, 9.17) is 0 Å². The number of nitrogens with one attached hydrogen (secondary N) is 1. The van der Waals surface area contributed by atoms with Crippen LogP contribution in [-0.2, 0) is 19.3 Å². The number of likely N-dealkylation sites (N-methyl/N-ethyl adjacent to an activating group) is 1. The molecule has 1 aliphatic carbocycles. The first-order valence-electron chi connectivity index (χ1n) is 7.40. The van der Waals surface area contributed by atoms with Crippen molar-refractivity contribution in [2.24, 2.45) is 0 Å². The van der Waals surface area contributed by atoms with Gasteiger partial charge in [-0.2, -0.15) is 0 Å². The monoisotopic (exact) mass is 407 g/mol. The van der Waals surface area contributed by atoms with Crippen molar-refractivity contribution in [3.8, 4) is 0 Å². The van der Waals surface area contributed by atoms with Crippen molar-refractivity contribution in [2.75, 3.05) is 7.05 Å². The van der Waals surface area contributed by atoms with E-state index in [0.717, 1.165) is 15.4 Å². The molecule has 2 aromatic rings. The second kappa shape index (κ2) is 6.64. The molecule has 21 heavy (non-hydrogen) atoms. The van der Waals surface area contributed by atoms with Gasteiger partial charge in [-0.3, -0.25) is 0 Å². The van der Waals surface area contributed by atoms with Crippen LogP contribution in [0.1, 0.15) is 34.7 Å². The normalized spacial score (nSPS) is 15.0. The van der Waals surface area contributed by atoms with Gasteiger partial charge in [0, 0.05) is 15.0 Å². The molecule has 1 aliphatic rings. The standard InChI is InChI=1S/C18H19Br2N/c1-21-18(16-8-7-15(19)11-17(16)20)10-12-5-6-13-3-2-4-14(13)9-12/h5-9,11,18,21H,2-4,10H2,1H3. The Balaban J connectivity index is 1.84. The molecule has 0 aliphatic heterocycles. The van der Waals surface area contributed by atoms with Gasteiger partial charge in [-0.05, 0) is 67.1 Å². The summed E-state index contributed by atoms with van der Waals surface area (Å²) in [7, 11) is 2.03. The van der Waals surface area contributed by atoms with Gasteiger partial charge in [0.25, 0.3) is 0 Å². The van der Waals surface area contributed by atoms with Crippen LogP contribution in [0.25, 0.3) is 0 Å². The second-order valence-electron chi connectivity index (χ2n) is 5.67. The number of hydrogen-bond donors (Lipinski definition) is 1. The van der Waals surface area contributed by atoms with Crippen molar-refractivity contribution >= 4 is 31.9 Å². The van der Waals surface area contributed by atoms with Crippen molar-refractivity contribution in [1.29, 1.82) is 0 Å². The highest BCUT2D eigenvalue weighted by Crippen LogP contribution is 2.30. The second-order valence-corrected chi connectivity index (χ2v) is 7.44. The maximum Gasteiger partial charge on any atom is 0.0369 e. The summed E-state index contributed by atoms with van der Waals surface area (Å²) < 4.78 is 2.25. The fraction of sp³-hybridized carbons (Fsp3) is 0.333. The van der Waals surface area contributed by atoms with Crippen LogP contribution in [0.15, 0.2) is 45.3 Å². The van der Waals surface area contributed by atoms with Crippen LogP contribution in [0.4, 0.5) is 0 Å². The first-order chi connectivity index (χ1) is 10.2. The first-order valence-corrected chi connectivity index (χ1v) is 8.99. The predicted octanol–water partition coefficient (Wildman–Crippen LogP) is 5.20. The molecule has 3 rings (SSSR count). The van der Waals surface area contributed by atoms with Gasteiger partial charge in [0.05, 0.1) is 0 Å². The van der Waals surface area contributed by atoms with E-state index in [1.54, 1.807) is 11.1 Å². The maximum atomic E-state index is 3.68. The lowest BCUT2D eigenvalue weighted by atomic mass is 9.96. The molecular weight excluding hydrogens is 390 g/mol. The molecule has 0 saturated heterocycles. The largest absolute Gasteiger partial charge is 0.313 e. The number of fused-ring (bicyclic) bond motifs is 1. The van der Waals surface area contributed by atoms with Crippen LogP contribution in [-0.4, -0.2) is 7.05 Å². The number of halogens is 2. The highest BCUT2D eigenvalue weighted by Gasteiger charge is 2.16. The van der Waals surface area contributed by atoms with Crippen molar-refractivity contribution in [3.63, 3.8) is 0 Å². The van der Waals surface area contributed by atoms with E-state index in [2.05, 4.69) is 73.6 Å². The summed E-state index contributed by atoms with van der Waals surface area (Å²) in [5.74, 6) is 0. The summed E-state index contributed by atoms with van der Waals surface area (Å²) >= 11 is 7.20. The molecule has 1 atom stereocenters. The molecule has 0 bridgehead atoms. The van der Waals surface area contributed by atoms with Crippen LogP contribution in [0, 0.1) is 0 Å². The Labute approximate surface area is 143 Å². The fourth-order valence-electron chi connectivity index (χ4n) is 3.14. The number of rotatable bonds is 4. The van der Waals surface area contributed by atoms with Gasteiger partial charge in [0.15, 0.2) is 0 Å². The lowest BCUT2D eigenvalue weighted by Gasteiger charge is -2.19. The molecule has 3 heteroatoms. The van der Waals surface area contributed by atoms with Crippen LogP contribution >= 0.6 is 31.9 Å². The lowest BCUT2D eigenvalue weighted by Crippen LogP contribution is -2.19. The third-order valence-electron chi connectivity index (χ3n) is 4.29. The van der Waals surface area contributed by atoms with E-state index in [1.165, 1.54) is 30.4 Å². The van der Waals surface area contributed by atoms with Gasteiger partial charge < -0.3 is 5.32 Å². The van der Waals surface area contributed by atoms with Crippen molar-refractivity contribution in [1.82, 2.24) is 5.32 Å². The topological polar surface area (TPSA) is 12.0 Å². The molecule has 1 nitrogen and oxygen atoms in total. The third-order valence-corrected chi connectivity index (χ3v) is 5.47. The van der Waals surface area contributed by atoms with E-state index in [1.807, 2.05) is 7.05 Å². The summed E-state index contributed by atoms with van der Waals surface area (Å²) in [6.07, 6.45) is 4.83. The zero-order chi connectivity index (χ0) is 14.8. The Morgan fingerprint density at radius 2 is 1.86 bits per heavy atom. The first kappa shape index (κ1) is 15.3. The van der Waals surface area contributed by atoms with Gasteiger partial charge in [0.1, 0.15) is 0 Å². The smallest absolute Gasteiger partial charge is 0.0369 e. The van der Waals surface area contributed by atoms with Crippen molar-refractivity contribution < 1.29 is 0 Å². The quantitative estimate of drug-likeness (QED) is 0.732. The van der Waals surface area contributed by atoms with Crippen LogP contribution in [0.2, 0.25) is 0 Å². The van der Waals surface area contributed by atoms with Gasteiger partial charge in [0.2, 0.25) is 0 Å². The van der Waals surface area contributed by atoms with E-state index < -0.39 is 0 Å². The van der Waals surface area contributed by atoms with Crippen LogP contribution in [0.5, 0.6) is 0 Å². The van der Waals surface area contributed by atoms with Gasteiger partial charge in [-0.15, -0.1) is 0 Å². The van der Waals surface area contributed by atoms with E-state index in [-0.39, 0.29) is 0 Å². The van der Waals surface area contributed by atoms with Crippen LogP contribution in [0.3, 0.4) is 0 Å². The minimum absolute atomic E-state index is 0.326. The molecule has 0 radical (unpaired) electrons. The Morgan fingerprint density at radius 3 is 2.62 bits per heavy atom. The van der Waals surface area contributed by atoms with Gasteiger partial charge in [-0.25, -0.2) is 0 Å². The van der Waals surface area contributed by atoms with Crippen molar-refractivity contribution in [2.45, 2.75) is 31.7 Å². The highest BCUT2D eigenvalue weighted by atomic mass is 79.9. The summed E-state index contributed by atoms with van der Waals surface area (Å²) in [4.78, 5) is 0. The molecule has 0 amide bonds. The summed E-state index contributed by atoms with van der Waals surface area (Å²) in [5.41, 5.74) is 5.83. The SMILES string of the molecule is CNC(Cc1ccc2c(c1)CCC2)c1ccc(Br)cc1Br. The Kier molecular flexibility index (Phi) is 4.82. The summed E-state index contributed by atoms with van der Waals surface area (Å²) in [6.45, 7) is 0. The van der Waals surface area contributed by atoms with Gasteiger partial charge >= 0.3 is 0 Å². The Hall–Kier alpha value is -0.640. The van der Waals surface area contributed by atoms with Gasteiger partial charge in [-0.1, -0.05) is 56.1 Å². The minimum atomic E-state index is 0.326. The zero-order valence-corrected chi connectivity index (χ0v) is 15.3. The molecule has 0 spiro atoms. The van der Waals surface area contributed by atoms with Crippen molar-refractivity contribution in [3.05, 3.63) is 67.6 Å². The Bertz CT molecular complexity index is 652. The molecule has 1 N–H and O–H groups in total. The average Bonchev–Trinajstić information content (AvgIpc) is 2.93. The van der Waals surface area contributed by atoms with Crippen LogP contribution < -0.4 is 5.32 Å². The molecule has 0 heterocycles. The number of hydrogen-bond acceptors (Lipinski definition) is 1. The average molecular weight is 409 g/mol. The summed E-state index contributed by atoms with van der Waals surface area (Å²) in [6, 6.07) is 13.7.